The highest BCUT2D eigenvalue weighted by Crippen LogP contribution is 2.13. The summed E-state index contributed by atoms with van der Waals surface area (Å²) in [6.45, 7) is 7.70. The molecule has 0 fully saturated rings. The standard InChI is InChI=1S/C10H18N4OS/c1-4-12-9(15)10(2,3)7-11-5-8-6-16-14-13-8/h6,11H,4-5,7H2,1-3H3,(H,12,15). The average Bonchev–Trinajstić information content (AvgIpc) is 2.70. The van der Waals surface area contributed by atoms with E-state index >= 15 is 0 Å². The number of hydrogen-bond acceptors (Lipinski definition) is 5. The van der Waals surface area contributed by atoms with Crippen LogP contribution in [0, 0.1) is 5.41 Å². The first-order chi connectivity index (χ1) is 7.56. The van der Waals surface area contributed by atoms with Gasteiger partial charge in [0.1, 0.15) is 0 Å². The largest absolute Gasteiger partial charge is 0.356 e. The van der Waals surface area contributed by atoms with Crippen molar-refractivity contribution in [3.63, 3.8) is 0 Å². The highest BCUT2D eigenvalue weighted by molar-refractivity contribution is 7.03. The molecule has 1 aromatic rings. The van der Waals surface area contributed by atoms with Crippen molar-refractivity contribution in [3.05, 3.63) is 11.1 Å². The fraction of sp³-hybridized carbons (Fsp3) is 0.700. The monoisotopic (exact) mass is 242 g/mol. The Morgan fingerprint density at radius 2 is 2.31 bits per heavy atom. The minimum absolute atomic E-state index is 0.0684. The zero-order valence-corrected chi connectivity index (χ0v) is 10.7. The van der Waals surface area contributed by atoms with E-state index in [0.717, 1.165) is 5.69 Å². The fourth-order valence-electron chi connectivity index (χ4n) is 1.24. The van der Waals surface area contributed by atoms with Crippen LogP contribution < -0.4 is 10.6 Å². The second-order valence-corrected chi connectivity index (χ2v) is 4.85. The van der Waals surface area contributed by atoms with Crippen molar-refractivity contribution in [3.8, 4) is 0 Å². The minimum atomic E-state index is -0.403. The zero-order valence-electron chi connectivity index (χ0n) is 9.91. The average molecular weight is 242 g/mol. The third kappa shape index (κ3) is 3.86. The third-order valence-electron chi connectivity index (χ3n) is 2.23. The Morgan fingerprint density at radius 3 is 2.88 bits per heavy atom. The molecule has 90 valence electrons. The lowest BCUT2D eigenvalue weighted by atomic mass is 9.92. The highest BCUT2D eigenvalue weighted by Gasteiger charge is 2.26. The van der Waals surface area contributed by atoms with Gasteiger partial charge in [0.2, 0.25) is 5.91 Å². The van der Waals surface area contributed by atoms with Crippen molar-refractivity contribution in [2.75, 3.05) is 13.1 Å². The third-order valence-corrected chi connectivity index (χ3v) is 2.78. The summed E-state index contributed by atoms with van der Waals surface area (Å²) in [6, 6.07) is 0. The summed E-state index contributed by atoms with van der Waals surface area (Å²) < 4.78 is 3.77. The van der Waals surface area contributed by atoms with Gasteiger partial charge in [-0.25, -0.2) is 0 Å². The van der Waals surface area contributed by atoms with Gasteiger partial charge in [0.05, 0.1) is 11.1 Å². The first-order valence-electron chi connectivity index (χ1n) is 5.31. The van der Waals surface area contributed by atoms with Gasteiger partial charge in [-0.05, 0) is 32.3 Å². The molecule has 0 spiro atoms. The summed E-state index contributed by atoms with van der Waals surface area (Å²) in [7, 11) is 0. The summed E-state index contributed by atoms with van der Waals surface area (Å²) in [5.74, 6) is 0.0684. The first-order valence-corrected chi connectivity index (χ1v) is 6.15. The highest BCUT2D eigenvalue weighted by atomic mass is 32.1. The van der Waals surface area contributed by atoms with E-state index in [1.807, 2.05) is 26.2 Å². The van der Waals surface area contributed by atoms with Crippen molar-refractivity contribution >= 4 is 17.4 Å². The number of carbonyl (C=O) groups is 1. The van der Waals surface area contributed by atoms with Crippen molar-refractivity contribution in [2.45, 2.75) is 27.3 Å². The molecule has 0 bridgehead atoms. The maximum Gasteiger partial charge on any atom is 0.226 e. The van der Waals surface area contributed by atoms with Gasteiger partial charge in [-0.3, -0.25) is 4.79 Å². The number of aromatic nitrogens is 2. The van der Waals surface area contributed by atoms with Gasteiger partial charge in [-0.15, -0.1) is 5.10 Å². The molecule has 2 N–H and O–H groups in total. The Kier molecular flexibility index (Phi) is 4.82. The summed E-state index contributed by atoms with van der Waals surface area (Å²) >= 11 is 1.33. The minimum Gasteiger partial charge on any atom is -0.356 e. The fourth-order valence-corrected chi connectivity index (χ4v) is 1.70. The van der Waals surface area contributed by atoms with E-state index in [1.54, 1.807) is 0 Å². The SMILES string of the molecule is CCNC(=O)C(C)(C)CNCc1csnn1. The van der Waals surface area contributed by atoms with Crippen LogP contribution in [0.15, 0.2) is 5.38 Å². The molecule has 1 amide bonds. The molecular weight excluding hydrogens is 224 g/mol. The quantitative estimate of drug-likeness (QED) is 0.774. The van der Waals surface area contributed by atoms with E-state index in [4.69, 9.17) is 0 Å². The summed E-state index contributed by atoms with van der Waals surface area (Å²) in [4.78, 5) is 11.7. The Balaban J connectivity index is 2.33. The Labute approximate surface area is 99.8 Å². The molecule has 0 atom stereocenters. The van der Waals surface area contributed by atoms with Crippen LogP contribution in [0.1, 0.15) is 26.5 Å². The van der Waals surface area contributed by atoms with Crippen molar-refractivity contribution in [1.29, 1.82) is 0 Å². The van der Waals surface area contributed by atoms with Crippen LogP contribution in [0.2, 0.25) is 0 Å². The van der Waals surface area contributed by atoms with Gasteiger partial charge in [0, 0.05) is 25.0 Å². The van der Waals surface area contributed by atoms with Crippen LogP contribution in [-0.4, -0.2) is 28.6 Å². The molecule has 0 aliphatic heterocycles. The molecule has 16 heavy (non-hydrogen) atoms. The molecule has 1 heterocycles. The Hall–Kier alpha value is -1.01. The molecule has 0 aliphatic rings. The van der Waals surface area contributed by atoms with Gasteiger partial charge in [-0.1, -0.05) is 4.49 Å². The molecule has 0 aliphatic carbocycles. The van der Waals surface area contributed by atoms with E-state index in [0.29, 0.717) is 19.6 Å². The van der Waals surface area contributed by atoms with Crippen LogP contribution in [0.3, 0.4) is 0 Å². The topological polar surface area (TPSA) is 66.9 Å². The predicted molar refractivity (Wildman–Crippen MR) is 64.1 cm³/mol. The number of nitrogens with zero attached hydrogens (tertiary/aromatic N) is 2. The predicted octanol–water partition coefficient (Wildman–Crippen LogP) is 0.790. The number of nitrogens with one attached hydrogen (secondary N) is 2. The normalized spacial score (nSPS) is 11.4. The molecule has 1 aromatic heterocycles. The molecule has 0 saturated carbocycles. The lowest BCUT2D eigenvalue weighted by Crippen LogP contribution is -2.43. The van der Waals surface area contributed by atoms with Crippen molar-refractivity contribution < 1.29 is 4.79 Å². The van der Waals surface area contributed by atoms with Gasteiger partial charge in [-0.2, -0.15) is 0 Å². The lowest BCUT2D eigenvalue weighted by Gasteiger charge is -2.23. The van der Waals surface area contributed by atoms with Crippen LogP contribution in [0.5, 0.6) is 0 Å². The number of carbonyl (C=O) groups excluding carboxylic acids is 1. The van der Waals surface area contributed by atoms with Crippen molar-refractivity contribution in [1.82, 2.24) is 20.2 Å². The molecule has 0 aromatic carbocycles. The van der Waals surface area contributed by atoms with Crippen LogP contribution in [0.4, 0.5) is 0 Å². The molecule has 5 nitrogen and oxygen atoms in total. The maximum atomic E-state index is 11.7. The van der Waals surface area contributed by atoms with E-state index in [9.17, 15) is 4.79 Å². The Morgan fingerprint density at radius 1 is 1.56 bits per heavy atom. The summed E-state index contributed by atoms with van der Waals surface area (Å²) in [5, 5.41) is 11.9. The molecular formula is C10H18N4OS. The molecule has 0 saturated heterocycles. The van der Waals surface area contributed by atoms with Crippen LogP contribution in [-0.2, 0) is 11.3 Å². The second-order valence-electron chi connectivity index (χ2n) is 4.24. The lowest BCUT2D eigenvalue weighted by molar-refractivity contribution is -0.129. The van der Waals surface area contributed by atoms with Gasteiger partial charge in [0.25, 0.3) is 0 Å². The summed E-state index contributed by atoms with van der Waals surface area (Å²) in [6.07, 6.45) is 0. The molecule has 0 radical (unpaired) electrons. The van der Waals surface area contributed by atoms with Crippen LogP contribution in [0.25, 0.3) is 0 Å². The van der Waals surface area contributed by atoms with Gasteiger partial charge >= 0.3 is 0 Å². The first kappa shape index (κ1) is 13.1. The molecule has 6 heteroatoms. The zero-order chi connectivity index (χ0) is 12.0. The Bertz CT molecular complexity index is 324. The summed E-state index contributed by atoms with van der Waals surface area (Å²) in [5.41, 5.74) is 0.510. The van der Waals surface area contributed by atoms with Crippen LogP contribution >= 0.6 is 11.5 Å². The van der Waals surface area contributed by atoms with E-state index in [-0.39, 0.29) is 5.91 Å². The second kappa shape index (κ2) is 5.91. The van der Waals surface area contributed by atoms with E-state index in [1.165, 1.54) is 11.5 Å². The maximum absolute atomic E-state index is 11.7. The smallest absolute Gasteiger partial charge is 0.226 e. The number of amides is 1. The molecule has 1 rings (SSSR count). The van der Waals surface area contributed by atoms with Gasteiger partial charge in [0.15, 0.2) is 0 Å². The van der Waals surface area contributed by atoms with Gasteiger partial charge < -0.3 is 10.6 Å². The molecule has 0 unspecified atom stereocenters. The van der Waals surface area contributed by atoms with E-state index < -0.39 is 5.41 Å². The van der Waals surface area contributed by atoms with E-state index in [2.05, 4.69) is 20.2 Å². The number of hydrogen-bond donors (Lipinski definition) is 2. The number of rotatable bonds is 6. The van der Waals surface area contributed by atoms with Crippen molar-refractivity contribution in [2.24, 2.45) is 5.41 Å².